The quantitative estimate of drug-likeness (QED) is 0.741. The van der Waals surface area contributed by atoms with Crippen molar-refractivity contribution in [3.05, 3.63) is 46.5 Å². The number of ether oxygens (including phenoxy) is 1. The fourth-order valence-corrected chi connectivity index (χ4v) is 1.96. The Morgan fingerprint density at radius 1 is 1.37 bits per heavy atom. The van der Waals surface area contributed by atoms with Crippen LogP contribution in [0.2, 0.25) is 0 Å². The molecule has 0 amide bonds. The molecule has 0 saturated carbocycles. The van der Waals surface area contributed by atoms with Gasteiger partial charge in [0.2, 0.25) is 0 Å². The van der Waals surface area contributed by atoms with Gasteiger partial charge in [0.1, 0.15) is 5.75 Å². The highest BCUT2D eigenvalue weighted by molar-refractivity contribution is 5.80. The second-order valence-electron chi connectivity index (χ2n) is 4.02. The number of rotatable bonds is 3. The number of hydrogen-bond acceptors (Lipinski definition) is 5. The molecular weight excluding hydrogens is 246 g/mol. The van der Waals surface area contributed by atoms with E-state index in [0.29, 0.717) is 23.5 Å². The summed E-state index contributed by atoms with van der Waals surface area (Å²) in [5, 5.41) is 14.3. The van der Waals surface area contributed by atoms with E-state index in [2.05, 4.69) is 20.6 Å². The van der Waals surface area contributed by atoms with Crippen molar-refractivity contribution in [3.8, 4) is 5.75 Å². The van der Waals surface area contributed by atoms with E-state index in [4.69, 9.17) is 4.74 Å². The Labute approximate surface area is 107 Å². The molecular formula is C12H11N5O2. The van der Waals surface area contributed by atoms with Crippen LogP contribution in [0.25, 0.3) is 10.9 Å². The summed E-state index contributed by atoms with van der Waals surface area (Å²) in [6.07, 6.45) is 1.72. The zero-order chi connectivity index (χ0) is 13.2. The van der Waals surface area contributed by atoms with Crippen LogP contribution >= 0.6 is 0 Å². The standard InChI is InChI=1S/C12H11N5O2/c1-19-8-2-3-10-9(6-8)11(18)4-5-17(10)7-12-13-15-16-14-12/h2-6H,7H2,1H3,(H,13,14,15,16). The van der Waals surface area contributed by atoms with E-state index in [9.17, 15) is 4.79 Å². The predicted molar refractivity (Wildman–Crippen MR) is 68.0 cm³/mol. The highest BCUT2D eigenvalue weighted by atomic mass is 16.5. The molecule has 1 aromatic carbocycles. The van der Waals surface area contributed by atoms with Crippen molar-refractivity contribution in [1.82, 2.24) is 25.2 Å². The van der Waals surface area contributed by atoms with Crippen LogP contribution in [0.4, 0.5) is 0 Å². The smallest absolute Gasteiger partial charge is 0.194 e. The molecule has 7 heteroatoms. The Kier molecular flexibility index (Phi) is 2.71. The Bertz CT molecular complexity index is 763. The summed E-state index contributed by atoms with van der Waals surface area (Å²) in [5.74, 6) is 1.21. The number of benzene rings is 1. The molecule has 96 valence electrons. The van der Waals surface area contributed by atoms with Gasteiger partial charge in [-0.2, -0.15) is 5.21 Å². The molecule has 19 heavy (non-hydrogen) atoms. The number of methoxy groups -OCH3 is 1. The summed E-state index contributed by atoms with van der Waals surface area (Å²) >= 11 is 0. The molecule has 0 radical (unpaired) electrons. The van der Waals surface area contributed by atoms with Crippen LogP contribution in [0.1, 0.15) is 5.82 Å². The lowest BCUT2D eigenvalue weighted by atomic mass is 10.2. The molecule has 0 aliphatic heterocycles. The predicted octanol–water partition coefficient (Wildman–Crippen LogP) is 0.571. The first kappa shape index (κ1) is 11.4. The molecule has 0 unspecified atom stereocenters. The van der Waals surface area contributed by atoms with Crippen LogP contribution in [0.15, 0.2) is 35.3 Å². The van der Waals surface area contributed by atoms with Crippen molar-refractivity contribution in [2.45, 2.75) is 6.54 Å². The second kappa shape index (κ2) is 4.52. The fourth-order valence-electron chi connectivity index (χ4n) is 1.96. The molecule has 3 aromatic rings. The highest BCUT2D eigenvalue weighted by Gasteiger charge is 2.06. The average molecular weight is 257 g/mol. The zero-order valence-electron chi connectivity index (χ0n) is 10.2. The van der Waals surface area contributed by atoms with Gasteiger partial charge < -0.3 is 9.30 Å². The van der Waals surface area contributed by atoms with Gasteiger partial charge in [0.05, 0.1) is 19.2 Å². The second-order valence-corrected chi connectivity index (χ2v) is 4.02. The number of hydrogen-bond donors (Lipinski definition) is 1. The molecule has 0 fully saturated rings. The normalized spacial score (nSPS) is 10.8. The van der Waals surface area contributed by atoms with Gasteiger partial charge in [-0.25, -0.2) is 0 Å². The molecule has 0 aliphatic carbocycles. The lowest BCUT2D eigenvalue weighted by Crippen LogP contribution is -2.09. The Balaban J connectivity index is 2.15. The van der Waals surface area contributed by atoms with E-state index in [-0.39, 0.29) is 5.43 Å². The maximum Gasteiger partial charge on any atom is 0.194 e. The van der Waals surface area contributed by atoms with Gasteiger partial charge in [-0.3, -0.25) is 4.79 Å². The summed E-state index contributed by atoms with van der Waals surface area (Å²) in [5.41, 5.74) is 0.761. The van der Waals surface area contributed by atoms with Gasteiger partial charge >= 0.3 is 0 Å². The number of tetrazole rings is 1. The Morgan fingerprint density at radius 2 is 2.26 bits per heavy atom. The van der Waals surface area contributed by atoms with Crippen LogP contribution in [-0.4, -0.2) is 32.3 Å². The van der Waals surface area contributed by atoms with Gasteiger partial charge in [0.15, 0.2) is 11.3 Å². The third-order valence-corrected chi connectivity index (χ3v) is 2.89. The maximum absolute atomic E-state index is 11.9. The van der Waals surface area contributed by atoms with E-state index in [1.54, 1.807) is 19.4 Å². The molecule has 2 heterocycles. The molecule has 0 saturated heterocycles. The summed E-state index contributed by atoms with van der Waals surface area (Å²) in [6.45, 7) is 0.444. The molecule has 0 spiro atoms. The topological polar surface area (TPSA) is 85.7 Å². The van der Waals surface area contributed by atoms with Gasteiger partial charge in [-0.15, -0.1) is 10.2 Å². The number of H-pyrrole nitrogens is 1. The molecule has 7 nitrogen and oxygen atoms in total. The van der Waals surface area contributed by atoms with E-state index in [0.717, 1.165) is 5.52 Å². The zero-order valence-corrected chi connectivity index (χ0v) is 10.2. The van der Waals surface area contributed by atoms with Crippen molar-refractivity contribution in [2.24, 2.45) is 0 Å². The van der Waals surface area contributed by atoms with E-state index < -0.39 is 0 Å². The number of aromatic nitrogens is 5. The average Bonchev–Trinajstić information content (AvgIpc) is 2.94. The van der Waals surface area contributed by atoms with E-state index in [1.165, 1.54) is 6.07 Å². The number of fused-ring (bicyclic) bond motifs is 1. The van der Waals surface area contributed by atoms with Crippen molar-refractivity contribution in [3.63, 3.8) is 0 Å². The molecule has 0 bridgehead atoms. The number of nitrogens with one attached hydrogen (secondary N) is 1. The van der Waals surface area contributed by atoms with Gasteiger partial charge in [0.25, 0.3) is 0 Å². The maximum atomic E-state index is 11.9. The van der Waals surface area contributed by atoms with Gasteiger partial charge in [-0.1, -0.05) is 5.21 Å². The third kappa shape index (κ3) is 2.05. The third-order valence-electron chi connectivity index (χ3n) is 2.89. The van der Waals surface area contributed by atoms with Crippen LogP contribution < -0.4 is 10.2 Å². The summed E-state index contributed by atoms with van der Waals surface area (Å²) in [7, 11) is 1.57. The van der Waals surface area contributed by atoms with Crippen LogP contribution in [0, 0.1) is 0 Å². The lowest BCUT2D eigenvalue weighted by Gasteiger charge is -2.09. The van der Waals surface area contributed by atoms with Crippen molar-refractivity contribution >= 4 is 10.9 Å². The minimum absolute atomic E-state index is 0.0433. The number of aromatic amines is 1. The van der Waals surface area contributed by atoms with Crippen molar-refractivity contribution < 1.29 is 4.74 Å². The van der Waals surface area contributed by atoms with E-state index >= 15 is 0 Å². The van der Waals surface area contributed by atoms with Crippen LogP contribution in [0.5, 0.6) is 5.75 Å². The van der Waals surface area contributed by atoms with Crippen molar-refractivity contribution in [2.75, 3.05) is 7.11 Å². The van der Waals surface area contributed by atoms with E-state index in [1.807, 2.05) is 16.7 Å². The number of nitrogens with zero attached hydrogens (tertiary/aromatic N) is 4. The minimum atomic E-state index is -0.0433. The SMILES string of the molecule is COc1ccc2c(c1)c(=O)ccn2Cc1nn[nH]n1. The first-order valence-corrected chi connectivity index (χ1v) is 5.67. The summed E-state index contributed by atoms with van der Waals surface area (Å²) in [6, 6.07) is 6.90. The fraction of sp³-hybridized carbons (Fsp3) is 0.167. The largest absolute Gasteiger partial charge is 0.497 e. The summed E-state index contributed by atoms with van der Waals surface area (Å²) in [4.78, 5) is 11.9. The monoisotopic (exact) mass is 257 g/mol. The first-order valence-electron chi connectivity index (χ1n) is 5.67. The van der Waals surface area contributed by atoms with Gasteiger partial charge in [0, 0.05) is 17.6 Å². The van der Waals surface area contributed by atoms with Crippen molar-refractivity contribution in [1.29, 1.82) is 0 Å². The molecule has 0 atom stereocenters. The lowest BCUT2D eigenvalue weighted by molar-refractivity contribution is 0.415. The molecule has 2 aromatic heterocycles. The highest BCUT2D eigenvalue weighted by Crippen LogP contribution is 2.18. The molecule has 0 aliphatic rings. The van der Waals surface area contributed by atoms with Crippen LogP contribution in [-0.2, 0) is 6.54 Å². The van der Waals surface area contributed by atoms with Gasteiger partial charge in [-0.05, 0) is 18.2 Å². The number of pyridine rings is 1. The molecule has 3 rings (SSSR count). The summed E-state index contributed by atoms with van der Waals surface area (Å²) < 4.78 is 7.03. The minimum Gasteiger partial charge on any atom is -0.497 e. The molecule has 1 N–H and O–H groups in total. The Hall–Kier alpha value is -2.70. The first-order chi connectivity index (χ1) is 9.28. The Morgan fingerprint density at radius 3 is 3.00 bits per heavy atom. The van der Waals surface area contributed by atoms with Crippen LogP contribution in [0.3, 0.4) is 0 Å².